The van der Waals surface area contributed by atoms with Crippen LogP contribution in [-0.2, 0) is 17.7 Å². The number of benzene rings is 2. The molecule has 2 aliphatic heterocycles. The predicted octanol–water partition coefficient (Wildman–Crippen LogP) is 3.98. The summed E-state index contributed by atoms with van der Waals surface area (Å²) < 4.78 is 26.8. The number of hydrogen-bond acceptors (Lipinski definition) is 8. The third kappa shape index (κ3) is 5.43. The molecule has 2 aliphatic rings. The Kier molecular flexibility index (Phi) is 7.90. The number of anilines is 2. The Morgan fingerprint density at radius 3 is 2.68 bits per heavy atom. The molecule has 198 valence electrons. The van der Waals surface area contributed by atoms with Crippen molar-refractivity contribution in [2.24, 2.45) is 0 Å². The number of rotatable bonds is 9. The van der Waals surface area contributed by atoms with E-state index in [1.807, 2.05) is 29.2 Å². The van der Waals surface area contributed by atoms with Crippen molar-refractivity contribution in [1.82, 2.24) is 14.9 Å². The lowest BCUT2D eigenvalue weighted by Crippen LogP contribution is -2.37. The number of aromatic hydroxyl groups is 1. The van der Waals surface area contributed by atoms with Gasteiger partial charge in [0.2, 0.25) is 0 Å². The molecule has 3 aromatic rings. The molecule has 1 saturated heterocycles. The summed E-state index contributed by atoms with van der Waals surface area (Å²) in [6.45, 7) is 11.9. The van der Waals surface area contributed by atoms with Crippen LogP contribution in [0.15, 0.2) is 30.3 Å². The summed E-state index contributed by atoms with van der Waals surface area (Å²) in [6.07, 6.45) is 1.57. The molecule has 0 aliphatic carbocycles. The quantitative estimate of drug-likeness (QED) is 0.434. The molecule has 1 aromatic heterocycles. The molecule has 3 heterocycles. The standard InChI is InChI=1S/C28H36FN5O3/c1-3-33(4-2)27-22-10-12-34(26-21-9-6-5-8-20(21)18-24(35)25(26)29)19-23(22)30-28(31-27)37-15-7-11-32-13-16-36-17-14-32/h5-6,8-9,18,35H,3-4,7,10-17,19H2,1-2H3. The number of nitrogens with zero attached hydrogens (tertiary/aromatic N) is 5. The predicted molar refractivity (Wildman–Crippen MR) is 143 cm³/mol. The molecule has 1 fully saturated rings. The number of morpholine rings is 1. The van der Waals surface area contributed by atoms with Crippen LogP contribution in [0.1, 0.15) is 31.5 Å². The zero-order valence-electron chi connectivity index (χ0n) is 21.7. The summed E-state index contributed by atoms with van der Waals surface area (Å²) >= 11 is 0. The number of hydrogen-bond donors (Lipinski definition) is 1. The van der Waals surface area contributed by atoms with Gasteiger partial charge in [0.15, 0.2) is 11.6 Å². The summed E-state index contributed by atoms with van der Waals surface area (Å²) in [4.78, 5) is 16.2. The number of fused-ring (bicyclic) bond motifs is 2. The fraction of sp³-hybridized carbons (Fsp3) is 0.500. The van der Waals surface area contributed by atoms with E-state index in [2.05, 4.69) is 23.6 Å². The maximum Gasteiger partial charge on any atom is 0.318 e. The molecule has 9 heteroatoms. The van der Waals surface area contributed by atoms with E-state index in [0.717, 1.165) is 80.2 Å². The molecule has 8 nitrogen and oxygen atoms in total. The van der Waals surface area contributed by atoms with Gasteiger partial charge in [-0.15, -0.1) is 0 Å². The Bertz CT molecular complexity index is 1230. The average Bonchev–Trinajstić information content (AvgIpc) is 2.93. The van der Waals surface area contributed by atoms with E-state index < -0.39 is 5.82 Å². The van der Waals surface area contributed by atoms with Gasteiger partial charge in [0, 0.05) is 50.2 Å². The molecular weight excluding hydrogens is 473 g/mol. The number of halogens is 1. The average molecular weight is 510 g/mol. The van der Waals surface area contributed by atoms with Crippen molar-refractivity contribution in [3.63, 3.8) is 0 Å². The molecular formula is C28H36FN5O3. The highest BCUT2D eigenvalue weighted by molar-refractivity contribution is 5.96. The molecule has 0 atom stereocenters. The van der Waals surface area contributed by atoms with E-state index in [9.17, 15) is 5.11 Å². The second kappa shape index (κ2) is 11.5. The molecule has 0 amide bonds. The maximum atomic E-state index is 15.3. The first-order valence-corrected chi connectivity index (χ1v) is 13.3. The first-order chi connectivity index (χ1) is 18.1. The van der Waals surface area contributed by atoms with Gasteiger partial charge in [-0.25, -0.2) is 4.39 Å². The minimum Gasteiger partial charge on any atom is -0.505 e. The largest absolute Gasteiger partial charge is 0.505 e. The van der Waals surface area contributed by atoms with Crippen molar-refractivity contribution < 1.29 is 19.0 Å². The molecule has 0 spiro atoms. The number of aromatic nitrogens is 2. The normalized spacial score (nSPS) is 16.1. The summed E-state index contributed by atoms with van der Waals surface area (Å²) in [5, 5.41) is 11.9. The fourth-order valence-corrected chi connectivity index (χ4v) is 5.30. The molecule has 0 unspecified atom stereocenters. The first-order valence-electron chi connectivity index (χ1n) is 13.3. The zero-order valence-corrected chi connectivity index (χ0v) is 21.7. The Balaban J connectivity index is 1.41. The van der Waals surface area contributed by atoms with Gasteiger partial charge in [-0.3, -0.25) is 4.90 Å². The van der Waals surface area contributed by atoms with Gasteiger partial charge in [0.05, 0.1) is 37.7 Å². The topological polar surface area (TPSA) is 74.2 Å². The number of phenols is 1. The molecule has 0 radical (unpaired) electrons. The van der Waals surface area contributed by atoms with Crippen molar-refractivity contribution >= 4 is 22.3 Å². The smallest absolute Gasteiger partial charge is 0.318 e. The molecule has 0 bridgehead atoms. The van der Waals surface area contributed by atoms with E-state index in [1.54, 1.807) is 0 Å². The lowest BCUT2D eigenvalue weighted by atomic mass is 10.0. The maximum absolute atomic E-state index is 15.3. The van der Waals surface area contributed by atoms with Crippen LogP contribution >= 0.6 is 0 Å². The number of ether oxygens (including phenoxy) is 2. The highest BCUT2D eigenvalue weighted by atomic mass is 19.1. The Morgan fingerprint density at radius 2 is 1.89 bits per heavy atom. The molecule has 5 rings (SSSR count). The SMILES string of the molecule is CCN(CC)c1nc(OCCCN2CCOCC2)nc2c1CCN(c1c(F)c(O)cc3ccccc13)C2. The molecule has 0 saturated carbocycles. The van der Waals surface area contributed by atoms with Crippen LogP contribution in [-0.4, -0.2) is 79.1 Å². The van der Waals surface area contributed by atoms with Crippen LogP contribution in [0.25, 0.3) is 10.8 Å². The van der Waals surface area contributed by atoms with Crippen molar-refractivity contribution in [2.75, 3.05) is 68.9 Å². The second-order valence-corrected chi connectivity index (χ2v) is 9.53. The Labute approximate surface area is 217 Å². The van der Waals surface area contributed by atoms with Crippen LogP contribution in [0, 0.1) is 5.82 Å². The van der Waals surface area contributed by atoms with Gasteiger partial charge in [-0.05, 0) is 38.1 Å². The first kappa shape index (κ1) is 25.5. The summed E-state index contributed by atoms with van der Waals surface area (Å²) in [5.41, 5.74) is 2.35. The van der Waals surface area contributed by atoms with Gasteiger partial charge in [-0.2, -0.15) is 9.97 Å². The fourth-order valence-electron chi connectivity index (χ4n) is 5.30. The Hall–Kier alpha value is -3.17. The van der Waals surface area contributed by atoms with Crippen LogP contribution in [0.5, 0.6) is 11.8 Å². The van der Waals surface area contributed by atoms with E-state index >= 15 is 4.39 Å². The second-order valence-electron chi connectivity index (χ2n) is 9.53. The van der Waals surface area contributed by atoms with Crippen LogP contribution in [0.2, 0.25) is 0 Å². The summed E-state index contributed by atoms with van der Waals surface area (Å²) in [7, 11) is 0. The van der Waals surface area contributed by atoms with E-state index in [0.29, 0.717) is 37.8 Å². The molecule has 2 aromatic carbocycles. The van der Waals surface area contributed by atoms with Gasteiger partial charge in [-0.1, -0.05) is 24.3 Å². The monoisotopic (exact) mass is 509 g/mol. The van der Waals surface area contributed by atoms with Crippen LogP contribution < -0.4 is 14.5 Å². The summed E-state index contributed by atoms with van der Waals surface area (Å²) in [5.74, 6) is -0.0332. The van der Waals surface area contributed by atoms with Gasteiger partial charge >= 0.3 is 6.01 Å². The van der Waals surface area contributed by atoms with Crippen molar-refractivity contribution in [3.05, 3.63) is 47.4 Å². The molecule has 1 N–H and O–H groups in total. The minimum atomic E-state index is -0.597. The van der Waals surface area contributed by atoms with Crippen molar-refractivity contribution in [2.45, 2.75) is 33.2 Å². The van der Waals surface area contributed by atoms with E-state index in [-0.39, 0.29) is 5.75 Å². The van der Waals surface area contributed by atoms with Gasteiger partial charge < -0.3 is 24.4 Å². The minimum absolute atomic E-state index is 0.338. The van der Waals surface area contributed by atoms with Crippen LogP contribution in [0.3, 0.4) is 0 Å². The lowest BCUT2D eigenvalue weighted by Gasteiger charge is -2.34. The third-order valence-electron chi connectivity index (χ3n) is 7.30. The lowest BCUT2D eigenvalue weighted by molar-refractivity contribution is 0.0356. The zero-order chi connectivity index (χ0) is 25.8. The van der Waals surface area contributed by atoms with E-state index in [1.165, 1.54) is 6.07 Å². The summed E-state index contributed by atoms with van der Waals surface area (Å²) in [6, 6.07) is 9.41. The van der Waals surface area contributed by atoms with Crippen molar-refractivity contribution in [3.8, 4) is 11.8 Å². The van der Waals surface area contributed by atoms with Gasteiger partial charge in [0.1, 0.15) is 5.82 Å². The van der Waals surface area contributed by atoms with Gasteiger partial charge in [0.25, 0.3) is 0 Å². The Morgan fingerprint density at radius 1 is 1.11 bits per heavy atom. The van der Waals surface area contributed by atoms with Crippen LogP contribution in [0.4, 0.5) is 15.9 Å². The highest BCUT2D eigenvalue weighted by Crippen LogP contribution is 2.39. The number of phenolic OH excluding ortho intramolecular Hbond substituents is 1. The third-order valence-corrected chi connectivity index (χ3v) is 7.30. The van der Waals surface area contributed by atoms with E-state index in [4.69, 9.17) is 19.4 Å². The molecule has 37 heavy (non-hydrogen) atoms. The highest BCUT2D eigenvalue weighted by Gasteiger charge is 2.28. The van der Waals surface area contributed by atoms with Crippen molar-refractivity contribution in [1.29, 1.82) is 0 Å².